The van der Waals surface area contributed by atoms with E-state index in [4.69, 9.17) is 11.6 Å². The minimum atomic E-state index is 0.362. The summed E-state index contributed by atoms with van der Waals surface area (Å²) < 4.78 is 0. The maximum absolute atomic E-state index is 5.95. The van der Waals surface area contributed by atoms with Crippen molar-refractivity contribution >= 4 is 11.6 Å². The smallest absolute Gasteiger partial charge is 0.0406 e. The molecule has 2 rings (SSSR count). The lowest BCUT2D eigenvalue weighted by atomic mass is 10.0. The molecule has 2 aromatic carbocycles. The molecule has 1 N–H and O–H groups in total. The van der Waals surface area contributed by atoms with Gasteiger partial charge in [-0.2, -0.15) is 0 Å². The first-order chi connectivity index (χ1) is 10.2. The lowest BCUT2D eigenvalue weighted by Gasteiger charge is -2.22. The molecule has 0 saturated heterocycles. The maximum Gasteiger partial charge on any atom is 0.0406 e. The third kappa shape index (κ3) is 5.16. The summed E-state index contributed by atoms with van der Waals surface area (Å²) in [5, 5.41) is 4.17. The van der Waals surface area contributed by atoms with Crippen molar-refractivity contribution in [3.05, 3.63) is 70.7 Å². The first kappa shape index (κ1) is 16.0. The molecule has 1 unspecified atom stereocenters. The van der Waals surface area contributed by atoms with Crippen LogP contribution in [-0.4, -0.2) is 25.5 Å². The van der Waals surface area contributed by atoms with Gasteiger partial charge >= 0.3 is 0 Å². The van der Waals surface area contributed by atoms with Crippen LogP contribution in [0.15, 0.2) is 54.6 Å². The molecule has 0 aromatic heterocycles. The van der Waals surface area contributed by atoms with E-state index in [-0.39, 0.29) is 0 Å². The predicted molar refractivity (Wildman–Crippen MR) is 90.6 cm³/mol. The van der Waals surface area contributed by atoms with Crippen LogP contribution in [0.5, 0.6) is 0 Å². The molecular formula is C18H23ClN2. The van der Waals surface area contributed by atoms with Gasteiger partial charge in [0.05, 0.1) is 0 Å². The first-order valence-electron chi connectivity index (χ1n) is 7.34. The number of rotatable bonds is 7. The molecule has 0 radical (unpaired) electrons. The van der Waals surface area contributed by atoms with Crippen LogP contribution in [0.3, 0.4) is 0 Å². The van der Waals surface area contributed by atoms with Crippen molar-refractivity contribution in [2.45, 2.75) is 19.0 Å². The Balaban J connectivity index is 1.86. The molecule has 0 aliphatic rings. The molecule has 0 heterocycles. The minimum absolute atomic E-state index is 0.362. The van der Waals surface area contributed by atoms with E-state index in [0.717, 1.165) is 24.5 Å². The Kier molecular flexibility index (Phi) is 6.24. The highest BCUT2D eigenvalue weighted by molar-refractivity contribution is 6.30. The van der Waals surface area contributed by atoms with E-state index in [9.17, 15) is 0 Å². The molecule has 2 nitrogen and oxygen atoms in total. The Morgan fingerprint density at radius 1 is 1.05 bits per heavy atom. The van der Waals surface area contributed by atoms with Gasteiger partial charge in [0.1, 0.15) is 0 Å². The second-order valence-corrected chi connectivity index (χ2v) is 5.84. The van der Waals surface area contributed by atoms with Gasteiger partial charge in [-0.15, -0.1) is 0 Å². The molecule has 3 heteroatoms. The van der Waals surface area contributed by atoms with Gasteiger partial charge in [0.25, 0.3) is 0 Å². The van der Waals surface area contributed by atoms with Crippen molar-refractivity contribution in [3.8, 4) is 0 Å². The fourth-order valence-electron chi connectivity index (χ4n) is 2.50. The lowest BCUT2D eigenvalue weighted by molar-refractivity contribution is 0.304. The fourth-order valence-corrected chi connectivity index (χ4v) is 2.62. The first-order valence-corrected chi connectivity index (χ1v) is 7.72. The molecule has 21 heavy (non-hydrogen) atoms. The highest BCUT2D eigenvalue weighted by Gasteiger charge is 2.10. The van der Waals surface area contributed by atoms with E-state index in [1.54, 1.807) is 0 Å². The quantitative estimate of drug-likeness (QED) is 0.827. The van der Waals surface area contributed by atoms with Crippen molar-refractivity contribution < 1.29 is 0 Å². The van der Waals surface area contributed by atoms with Gasteiger partial charge in [0.15, 0.2) is 0 Å². The molecule has 1 atom stereocenters. The van der Waals surface area contributed by atoms with Gasteiger partial charge in [-0.05, 0) is 50.3 Å². The normalized spacial score (nSPS) is 12.6. The number of nitrogens with zero attached hydrogens (tertiary/aromatic N) is 1. The SMILES string of the molecule is CNC(CCN(C)Cc1ccccc1)c1ccc(Cl)cc1. The van der Waals surface area contributed by atoms with Crippen molar-refractivity contribution in [1.29, 1.82) is 0 Å². The number of hydrogen-bond donors (Lipinski definition) is 1. The van der Waals surface area contributed by atoms with E-state index < -0.39 is 0 Å². The molecular weight excluding hydrogens is 280 g/mol. The molecule has 0 spiro atoms. The Labute approximate surface area is 132 Å². The second-order valence-electron chi connectivity index (χ2n) is 5.40. The Morgan fingerprint density at radius 3 is 2.33 bits per heavy atom. The topological polar surface area (TPSA) is 15.3 Å². The standard InChI is InChI=1S/C18H23ClN2/c1-20-18(16-8-10-17(19)11-9-16)12-13-21(2)14-15-6-4-3-5-7-15/h3-11,18,20H,12-14H2,1-2H3. The second kappa shape index (κ2) is 8.18. The Morgan fingerprint density at radius 2 is 1.71 bits per heavy atom. The van der Waals surface area contributed by atoms with Crippen LogP contribution in [0.1, 0.15) is 23.6 Å². The lowest BCUT2D eigenvalue weighted by Crippen LogP contribution is -2.25. The largest absolute Gasteiger partial charge is 0.313 e. The fraction of sp³-hybridized carbons (Fsp3) is 0.333. The van der Waals surface area contributed by atoms with Crippen LogP contribution < -0.4 is 5.32 Å². The van der Waals surface area contributed by atoms with Crippen LogP contribution in [-0.2, 0) is 6.54 Å². The summed E-state index contributed by atoms with van der Waals surface area (Å²) in [4.78, 5) is 2.36. The van der Waals surface area contributed by atoms with Gasteiger partial charge < -0.3 is 10.2 Å². The van der Waals surface area contributed by atoms with Crippen molar-refractivity contribution in [1.82, 2.24) is 10.2 Å². The summed E-state index contributed by atoms with van der Waals surface area (Å²) in [5.74, 6) is 0. The summed E-state index contributed by atoms with van der Waals surface area (Å²) >= 11 is 5.95. The van der Waals surface area contributed by atoms with Gasteiger partial charge in [-0.25, -0.2) is 0 Å². The molecule has 2 aromatic rings. The zero-order chi connectivity index (χ0) is 15.1. The molecule has 0 bridgehead atoms. The molecule has 112 valence electrons. The van der Waals surface area contributed by atoms with Crippen LogP contribution in [0.2, 0.25) is 5.02 Å². The van der Waals surface area contributed by atoms with Gasteiger partial charge in [0, 0.05) is 17.6 Å². The zero-order valence-electron chi connectivity index (χ0n) is 12.7. The monoisotopic (exact) mass is 302 g/mol. The molecule has 0 amide bonds. The van der Waals surface area contributed by atoms with Crippen LogP contribution >= 0.6 is 11.6 Å². The van der Waals surface area contributed by atoms with E-state index >= 15 is 0 Å². The van der Waals surface area contributed by atoms with Crippen LogP contribution in [0.25, 0.3) is 0 Å². The molecule has 0 aliphatic carbocycles. The summed E-state index contributed by atoms with van der Waals surface area (Å²) in [6.45, 7) is 2.03. The van der Waals surface area contributed by atoms with Gasteiger partial charge in [0.2, 0.25) is 0 Å². The highest BCUT2D eigenvalue weighted by atomic mass is 35.5. The highest BCUT2D eigenvalue weighted by Crippen LogP contribution is 2.19. The third-order valence-corrected chi connectivity index (χ3v) is 3.97. The van der Waals surface area contributed by atoms with Gasteiger partial charge in [-0.1, -0.05) is 54.1 Å². The van der Waals surface area contributed by atoms with Crippen molar-refractivity contribution in [2.75, 3.05) is 20.6 Å². The average Bonchev–Trinajstić information content (AvgIpc) is 2.50. The summed E-state index contributed by atoms with van der Waals surface area (Å²) in [7, 11) is 4.18. The van der Waals surface area contributed by atoms with Crippen molar-refractivity contribution in [2.24, 2.45) is 0 Å². The van der Waals surface area contributed by atoms with Crippen LogP contribution in [0, 0.1) is 0 Å². The maximum atomic E-state index is 5.95. The Bertz CT molecular complexity index is 525. The number of nitrogens with one attached hydrogen (secondary N) is 1. The summed E-state index contributed by atoms with van der Waals surface area (Å²) in [6, 6.07) is 19.0. The summed E-state index contributed by atoms with van der Waals surface area (Å²) in [6.07, 6.45) is 1.07. The number of hydrogen-bond acceptors (Lipinski definition) is 2. The molecule has 0 saturated carbocycles. The molecule has 0 fully saturated rings. The molecule has 0 aliphatic heterocycles. The average molecular weight is 303 g/mol. The van der Waals surface area contributed by atoms with Crippen LogP contribution in [0.4, 0.5) is 0 Å². The van der Waals surface area contributed by atoms with E-state index in [2.05, 4.69) is 59.7 Å². The predicted octanol–water partition coefficient (Wildman–Crippen LogP) is 4.12. The summed E-state index contributed by atoms with van der Waals surface area (Å²) in [5.41, 5.74) is 2.64. The van der Waals surface area contributed by atoms with Crippen molar-refractivity contribution in [3.63, 3.8) is 0 Å². The number of benzene rings is 2. The van der Waals surface area contributed by atoms with E-state index in [0.29, 0.717) is 6.04 Å². The third-order valence-electron chi connectivity index (χ3n) is 3.72. The van der Waals surface area contributed by atoms with E-state index in [1.165, 1.54) is 11.1 Å². The van der Waals surface area contributed by atoms with Gasteiger partial charge in [-0.3, -0.25) is 0 Å². The zero-order valence-corrected chi connectivity index (χ0v) is 13.5. The minimum Gasteiger partial charge on any atom is -0.313 e. The number of halogens is 1. The van der Waals surface area contributed by atoms with E-state index in [1.807, 2.05) is 19.2 Å². The Hall–Kier alpha value is -1.35.